The Bertz CT molecular complexity index is 1300. The van der Waals surface area contributed by atoms with Gasteiger partial charge in [-0.15, -0.1) is 10.2 Å². The van der Waals surface area contributed by atoms with Gasteiger partial charge in [-0.25, -0.2) is 9.18 Å². The van der Waals surface area contributed by atoms with Crippen LogP contribution in [-0.2, 0) is 4.74 Å². The Morgan fingerprint density at radius 1 is 1.21 bits per heavy atom. The van der Waals surface area contributed by atoms with Crippen LogP contribution in [0.2, 0.25) is 0 Å². The molecule has 0 spiro atoms. The monoisotopic (exact) mass is 390 g/mol. The number of esters is 1. The van der Waals surface area contributed by atoms with Gasteiger partial charge in [0.1, 0.15) is 22.9 Å². The van der Waals surface area contributed by atoms with Crippen LogP contribution in [0, 0.1) is 24.1 Å². The lowest BCUT2D eigenvalue weighted by atomic mass is 10.1. The summed E-state index contributed by atoms with van der Waals surface area (Å²) in [6.07, 6.45) is 1.49. The minimum Gasteiger partial charge on any atom is -0.464 e. The molecule has 2 heterocycles. The highest BCUT2D eigenvalue weighted by atomic mass is 19.1. The van der Waals surface area contributed by atoms with E-state index in [1.807, 2.05) is 13.0 Å². The van der Waals surface area contributed by atoms with E-state index in [-0.39, 0.29) is 22.8 Å². The van der Waals surface area contributed by atoms with Gasteiger partial charge < -0.3 is 15.0 Å². The number of fused-ring (bicyclic) bond motifs is 1. The lowest BCUT2D eigenvalue weighted by Gasteiger charge is -2.11. The van der Waals surface area contributed by atoms with Crippen LogP contribution in [0.1, 0.15) is 21.6 Å². The van der Waals surface area contributed by atoms with Crippen molar-refractivity contribution in [1.29, 1.82) is 5.26 Å². The molecular weight excluding hydrogens is 375 g/mol. The molecule has 0 fully saturated rings. The summed E-state index contributed by atoms with van der Waals surface area (Å²) in [5.41, 5.74) is 9.43. The molecule has 2 N–H and O–H groups in total. The number of nitrogens with zero attached hydrogens (tertiary/aromatic N) is 5. The van der Waals surface area contributed by atoms with Crippen LogP contribution in [-0.4, -0.2) is 32.6 Å². The molecule has 0 aliphatic heterocycles. The number of benzene rings is 2. The van der Waals surface area contributed by atoms with Crippen LogP contribution in [0.15, 0.2) is 42.6 Å². The third kappa shape index (κ3) is 2.96. The van der Waals surface area contributed by atoms with Gasteiger partial charge in [0, 0.05) is 6.20 Å². The van der Waals surface area contributed by atoms with Gasteiger partial charge in [-0.3, -0.25) is 0 Å². The fourth-order valence-corrected chi connectivity index (χ4v) is 3.11. The van der Waals surface area contributed by atoms with Crippen LogP contribution in [0.3, 0.4) is 0 Å². The van der Waals surface area contributed by atoms with Gasteiger partial charge in [-0.1, -0.05) is 0 Å². The van der Waals surface area contributed by atoms with Gasteiger partial charge >= 0.3 is 5.97 Å². The summed E-state index contributed by atoms with van der Waals surface area (Å²) in [4.78, 5) is 13.7. The SMILES string of the molecule is COC(=O)c1c(N)c(C#N)cn1-c1cc2nn(-c3ccc(F)cc3)nc2cc1C. The standard InChI is InChI=1S/C20H15FN6O2/c1-11-7-15-16(25-27(24-15)14-5-3-13(21)4-6-14)8-17(11)26-10-12(9-22)18(23)19(26)20(28)29-2/h3-8,10H,23H2,1-2H3. The lowest BCUT2D eigenvalue weighted by Crippen LogP contribution is -2.11. The van der Waals surface area contributed by atoms with Gasteiger partial charge in [0.05, 0.1) is 29.7 Å². The highest BCUT2D eigenvalue weighted by Crippen LogP contribution is 2.28. The maximum Gasteiger partial charge on any atom is 0.357 e. The van der Waals surface area contributed by atoms with Crippen molar-refractivity contribution in [2.24, 2.45) is 0 Å². The average molecular weight is 390 g/mol. The van der Waals surface area contributed by atoms with E-state index in [1.165, 1.54) is 34.8 Å². The van der Waals surface area contributed by atoms with E-state index in [9.17, 15) is 14.4 Å². The lowest BCUT2D eigenvalue weighted by molar-refractivity contribution is 0.0593. The van der Waals surface area contributed by atoms with Crippen molar-refractivity contribution in [1.82, 2.24) is 19.6 Å². The number of halogens is 1. The van der Waals surface area contributed by atoms with E-state index < -0.39 is 5.97 Å². The highest BCUT2D eigenvalue weighted by Gasteiger charge is 2.23. The Labute approximate surface area is 164 Å². The van der Waals surface area contributed by atoms with Gasteiger partial charge in [-0.05, 0) is 48.9 Å². The maximum atomic E-state index is 13.2. The van der Waals surface area contributed by atoms with Crippen LogP contribution < -0.4 is 5.73 Å². The Morgan fingerprint density at radius 3 is 2.48 bits per heavy atom. The number of ether oxygens (including phenoxy) is 1. The molecule has 144 valence electrons. The summed E-state index contributed by atoms with van der Waals surface area (Å²) in [6, 6.07) is 11.3. The van der Waals surface area contributed by atoms with Crippen molar-refractivity contribution in [3.8, 4) is 17.4 Å². The van der Waals surface area contributed by atoms with Crippen LogP contribution in [0.4, 0.5) is 10.1 Å². The molecule has 0 radical (unpaired) electrons. The predicted octanol–water partition coefficient (Wildman–Crippen LogP) is 2.90. The first-order chi connectivity index (χ1) is 13.9. The summed E-state index contributed by atoms with van der Waals surface area (Å²) in [5, 5.41) is 18.2. The molecular formula is C20H15FN6O2. The number of nitrogens with two attached hydrogens (primary N) is 1. The number of aromatic nitrogens is 4. The summed E-state index contributed by atoms with van der Waals surface area (Å²) < 4.78 is 19.5. The van der Waals surface area contributed by atoms with Gasteiger partial charge in [0.25, 0.3) is 0 Å². The molecule has 2 aromatic heterocycles. The van der Waals surface area contributed by atoms with E-state index in [4.69, 9.17) is 10.5 Å². The largest absolute Gasteiger partial charge is 0.464 e. The summed E-state index contributed by atoms with van der Waals surface area (Å²) in [5.74, 6) is -1.00. The second kappa shape index (κ2) is 6.76. The molecule has 0 amide bonds. The number of carbonyl (C=O) groups is 1. The Hall–Kier alpha value is -4.19. The number of aryl methyl sites for hydroxylation is 1. The molecule has 0 saturated heterocycles. The smallest absolute Gasteiger partial charge is 0.357 e. The molecule has 2 aromatic carbocycles. The van der Waals surface area contributed by atoms with E-state index >= 15 is 0 Å². The highest BCUT2D eigenvalue weighted by molar-refractivity contribution is 5.96. The minimum absolute atomic E-state index is 0.0498. The fourth-order valence-electron chi connectivity index (χ4n) is 3.11. The molecule has 9 heteroatoms. The zero-order valence-electron chi connectivity index (χ0n) is 15.5. The van der Waals surface area contributed by atoms with Crippen molar-refractivity contribution in [3.63, 3.8) is 0 Å². The van der Waals surface area contributed by atoms with Crippen molar-refractivity contribution < 1.29 is 13.9 Å². The number of anilines is 1. The second-order valence-corrected chi connectivity index (χ2v) is 6.37. The van der Waals surface area contributed by atoms with E-state index in [2.05, 4.69) is 10.2 Å². The third-order valence-corrected chi connectivity index (χ3v) is 4.56. The minimum atomic E-state index is -0.654. The summed E-state index contributed by atoms with van der Waals surface area (Å²) >= 11 is 0. The number of carbonyl (C=O) groups excluding carboxylic acids is 1. The molecule has 4 rings (SSSR count). The number of rotatable bonds is 3. The first-order valence-corrected chi connectivity index (χ1v) is 8.56. The first kappa shape index (κ1) is 18.2. The predicted molar refractivity (Wildman–Crippen MR) is 103 cm³/mol. The zero-order valence-corrected chi connectivity index (χ0v) is 15.5. The molecule has 0 atom stereocenters. The zero-order chi connectivity index (χ0) is 20.7. The number of methoxy groups -OCH3 is 1. The number of nitrogen functional groups attached to an aromatic ring is 1. The molecule has 0 saturated carbocycles. The number of hydrogen-bond acceptors (Lipinski definition) is 6. The molecule has 29 heavy (non-hydrogen) atoms. The van der Waals surface area contributed by atoms with Crippen molar-refractivity contribution in [3.05, 3.63) is 65.2 Å². The van der Waals surface area contributed by atoms with E-state index in [0.29, 0.717) is 22.4 Å². The van der Waals surface area contributed by atoms with Crippen LogP contribution in [0.25, 0.3) is 22.4 Å². The van der Waals surface area contributed by atoms with Crippen molar-refractivity contribution in [2.45, 2.75) is 6.92 Å². The Balaban J connectivity index is 1.90. The number of nitriles is 1. The Kier molecular flexibility index (Phi) is 4.24. The van der Waals surface area contributed by atoms with Crippen molar-refractivity contribution in [2.75, 3.05) is 12.8 Å². The van der Waals surface area contributed by atoms with Crippen molar-refractivity contribution >= 4 is 22.7 Å². The summed E-state index contributed by atoms with van der Waals surface area (Å²) in [6.45, 7) is 1.84. The van der Waals surface area contributed by atoms with Gasteiger partial charge in [-0.2, -0.15) is 10.1 Å². The van der Waals surface area contributed by atoms with Crippen LogP contribution in [0.5, 0.6) is 0 Å². The van der Waals surface area contributed by atoms with Gasteiger partial charge in [0.15, 0.2) is 5.69 Å². The fraction of sp³-hybridized carbons (Fsp3) is 0.100. The molecule has 8 nitrogen and oxygen atoms in total. The molecule has 0 aliphatic rings. The maximum absolute atomic E-state index is 13.2. The van der Waals surface area contributed by atoms with E-state index in [1.54, 1.807) is 24.3 Å². The normalized spacial score (nSPS) is 10.8. The number of hydrogen-bond donors (Lipinski definition) is 1. The molecule has 4 aromatic rings. The summed E-state index contributed by atoms with van der Waals surface area (Å²) in [7, 11) is 1.25. The topological polar surface area (TPSA) is 112 Å². The molecule has 0 aliphatic carbocycles. The van der Waals surface area contributed by atoms with Gasteiger partial charge in [0.2, 0.25) is 0 Å². The Morgan fingerprint density at radius 2 is 1.86 bits per heavy atom. The molecule has 0 unspecified atom stereocenters. The first-order valence-electron chi connectivity index (χ1n) is 8.56. The van der Waals surface area contributed by atoms with Crippen LogP contribution >= 0.6 is 0 Å². The average Bonchev–Trinajstić information content (AvgIpc) is 3.27. The second-order valence-electron chi connectivity index (χ2n) is 6.37. The van der Waals surface area contributed by atoms with E-state index in [0.717, 1.165) is 5.56 Å². The quantitative estimate of drug-likeness (QED) is 0.538. The third-order valence-electron chi connectivity index (χ3n) is 4.56. The molecule has 0 bridgehead atoms.